The first-order valence-corrected chi connectivity index (χ1v) is 11.3. The van der Waals surface area contributed by atoms with Gasteiger partial charge in [-0.25, -0.2) is 4.68 Å². The van der Waals surface area contributed by atoms with Gasteiger partial charge in [-0.2, -0.15) is 0 Å². The zero-order chi connectivity index (χ0) is 21.3. The predicted octanol–water partition coefficient (Wildman–Crippen LogP) is 4.76. The Morgan fingerprint density at radius 1 is 1.17 bits per heavy atom. The van der Waals surface area contributed by atoms with Gasteiger partial charge < -0.3 is 10.7 Å². The van der Waals surface area contributed by atoms with E-state index in [-0.39, 0.29) is 11.9 Å². The minimum absolute atomic E-state index is 0.107. The standard InChI is InChI=1S/C22H24ClN5OS/c1-4-14-7-9-15(10-8-14)19-20(30-22-26-25-18(5-2)28(22)27-19)21(29)24-16-11-6-13(3)17(23)12-16/h6-12,19-20,27H,4-5H2,1-3H3,(H,24,29)/t19-,20-/m1/s1. The Labute approximate surface area is 185 Å². The van der Waals surface area contributed by atoms with Crippen molar-refractivity contribution in [2.75, 3.05) is 10.7 Å². The Bertz CT molecular complexity index is 1070. The number of anilines is 1. The van der Waals surface area contributed by atoms with Crippen LogP contribution in [-0.2, 0) is 17.6 Å². The molecule has 0 fully saturated rings. The van der Waals surface area contributed by atoms with E-state index >= 15 is 0 Å². The van der Waals surface area contributed by atoms with Gasteiger partial charge in [-0.15, -0.1) is 10.2 Å². The second-order valence-electron chi connectivity index (χ2n) is 7.28. The van der Waals surface area contributed by atoms with Crippen molar-refractivity contribution in [3.05, 3.63) is 70.0 Å². The first-order valence-electron chi connectivity index (χ1n) is 10.0. The number of carbonyl (C=O) groups excluding carboxylic acids is 1. The fourth-order valence-electron chi connectivity index (χ4n) is 3.42. The number of hydrogen-bond donors (Lipinski definition) is 2. The maximum atomic E-state index is 13.3. The highest BCUT2D eigenvalue weighted by molar-refractivity contribution is 8.00. The molecule has 0 radical (unpaired) electrons. The topological polar surface area (TPSA) is 71.8 Å². The number of nitrogens with zero attached hydrogens (tertiary/aromatic N) is 3. The van der Waals surface area contributed by atoms with Crippen molar-refractivity contribution in [1.82, 2.24) is 14.9 Å². The predicted molar refractivity (Wildman–Crippen MR) is 122 cm³/mol. The van der Waals surface area contributed by atoms with Crippen molar-refractivity contribution in [2.45, 2.75) is 50.1 Å². The number of aryl methyl sites for hydroxylation is 3. The number of amides is 1. The number of thioether (sulfide) groups is 1. The van der Waals surface area contributed by atoms with Crippen LogP contribution in [0.5, 0.6) is 0 Å². The normalized spacial score (nSPS) is 17.9. The van der Waals surface area contributed by atoms with Gasteiger partial charge in [-0.3, -0.25) is 4.79 Å². The smallest absolute Gasteiger partial charge is 0.240 e. The van der Waals surface area contributed by atoms with Crippen LogP contribution in [0.3, 0.4) is 0 Å². The number of halogens is 1. The summed E-state index contributed by atoms with van der Waals surface area (Å²) in [6.45, 7) is 6.10. The minimum atomic E-state index is -0.418. The fraction of sp³-hybridized carbons (Fsp3) is 0.318. The number of hydrogen-bond acceptors (Lipinski definition) is 5. The summed E-state index contributed by atoms with van der Waals surface area (Å²) in [4.78, 5) is 13.3. The lowest BCUT2D eigenvalue weighted by molar-refractivity contribution is -0.116. The van der Waals surface area contributed by atoms with Gasteiger partial charge in [0.05, 0.1) is 6.04 Å². The lowest BCUT2D eigenvalue weighted by Gasteiger charge is -2.33. The Morgan fingerprint density at radius 3 is 2.60 bits per heavy atom. The molecule has 2 N–H and O–H groups in total. The number of benzene rings is 2. The van der Waals surface area contributed by atoms with Gasteiger partial charge >= 0.3 is 0 Å². The van der Waals surface area contributed by atoms with Crippen molar-refractivity contribution >= 4 is 35.0 Å². The summed E-state index contributed by atoms with van der Waals surface area (Å²) in [5, 5.41) is 12.4. The van der Waals surface area contributed by atoms with Gasteiger partial charge in [0, 0.05) is 17.1 Å². The van der Waals surface area contributed by atoms with Crippen LogP contribution in [0.15, 0.2) is 47.6 Å². The number of aromatic nitrogens is 3. The molecule has 1 amide bonds. The highest BCUT2D eigenvalue weighted by Crippen LogP contribution is 2.38. The van der Waals surface area contributed by atoms with E-state index in [9.17, 15) is 4.79 Å². The van der Waals surface area contributed by atoms with Crippen molar-refractivity contribution < 1.29 is 4.79 Å². The SMILES string of the molecule is CCc1ccc([C@H]2Nn3c(CC)nnc3S[C@H]2C(=O)Nc2ccc(C)c(Cl)c2)cc1. The first-order chi connectivity index (χ1) is 14.5. The molecule has 0 spiro atoms. The molecule has 0 bridgehead atoms. The molecular formula is C22H24ClN5OS. The third kappa shape index (κ3) is 4.04. The molecule has 156 valence electrons. The molecule has 2 aromatic carbocycles. The van der Waals surface area contributed by atoms with E-state index in [0.29, 0.717) is 15.9 Å². The van der Waals surface area contributed by atoms with Crippen molar-refractivity contribution in [2.24, 2.45) is 0 Å². The third-order valence-electron chi connectivity index (χ3n) is 5.26. The molecule has 1 aliphatic heterocycles. The van der Waals surface area contributed by atoms with Crippen LogP contribution < -0.4 is 10.7 Å². The van der Waals surface area contributed by atoms with E-state index in [1.54, 1.807) is 6.07 Å². The summed E-state index contributed by atoms with van der Waals surface area (Å²) in [5.41, 5.74) is 7.43. The lowest BCUT2D eigenvalue weighted by atomic mass is 10.0. The third-order valence-corrected chi connectivity index (χ3v) is 6.89. The number of nitrogens with one attached hydrogen (secondary N) is 2. The zero-order valence-corrected chi connectivity index (χ0v) is 18.7. The summed E-state index contributed by atoms with van der Waals surface area (Å²) in [6, 6.07) is 13.7. The number of fused-ring (bicyclic) bond motifs is 1. The average Bonchev–Trinajstić information content (AvgIpc) is 3.17. The monoisotopic (exact) mass is 441 g/mol. The van der Waals surface area contributed by atoms with Crippen LogP contribution in [0.25, 0.3) is 0 Å². The molecular weight excluding hydrogens is 418 g/mol. The van der Waals surface area contributed by atoms with Crippen molar-refractivity contribution in [1.29, 1.82) is 0 Å². The van der Waals surface area contributed by atoms with E-state index in [4.69, 9.17) is 11.6 Å². The van der Waals surface area contributed by atoms with Gasteiger partial charge in [0.15, 0.2) is 5.82 Å². The molecule has 2 atom stereocenters. The maximum Gasteiger partial charge on any atom is 0.240 e. The molecule has 0 saturated carbocycles. The summed E-state index contributed by atoms with van der Waals surface area (Å²) < 4.78 is 1.90. The molecule has 8 heteroatoms. The van der Waals surface area contributed by atoms with Crippen LogP contribution in [0.4, 0.5) is 5.69 Å². The summed E-state index contributed by atoms with van der Waals surface area (Å²) >= 11 is 7.65. The van der Waals surface area contributed by atoms with Gasteiger partial charge in [0.2, 0.25) is 11.1 Å². The zero-order valence-electron chi connectivity index (χ0n) is 17.1. The van der Waals surface area contributed by atoms with E-state index in [1.807, 2.05) is 30.7 Å². The second-order valence-corrected chi connectivity index (χ2v) is 8.80. The van der Waals surface area contributed by atoms with Crippen molar-refractivity contribution in [3.8, 4) is 0 Å². The van der Waals surface area contributed by atoms with E-state index < -0.39 is 5.25 Å². The fourth-order valence-corrected chi connectivity index (χ4v) is 4.70. The summed E-state index contributed by atoms with van der Waals surface area (Å²) in [5.74, 6) is 0.737. The Morgan fingerprint density at radius 2 is 1.93 bits per heavy atom. The summed E-state index contributed by atoms with van der Waals surface area (Å²) in [6.07, 6.45) is 1.72. The molecule has 4 rings (SSSR count). The Kier molecular flexibility index (Phi) is 6.01. The van der Waals surface area contributed by atoms with Gasteiger partial charge in [0.1, 0.15) is 5.25 Å². The molecule has 0 unspecified atom stereocenters. The quantitative estimate of drug-likeness (QED) is 0.597. The number of rotatable bonds is 5. The van der Waals surface area contributed by atoms with Crippen molar-refractivity contribution in [3.63, 3.8) is 0 Å². The molecule has 0 aliphatic carbocycles. The maximum absolute atomic E-state index is 13.3. The van der Waals surface area contributed by atoms with Crippen LogP contribution in [0.2, 0.25) is 5.02 Å². The molecule has 2 heterocycles. The van der Waals surface area contributed by atoms with Gasteiger partial charge in [-0.1, -0.05) is 67.5 Å². The highest BCUT2D eigenvalue weighted by Gasteiger charge is 2.37. The van der Waals surface area contributed by atoms with Crippen LogP contribution in [0, 0.1) is 6.92 Å². The minimum Gasteiger partial charge on any atom is -0.325 e. The highest BCUT2D eigenvalue weighted by atomic mass is 35.5. The van der Waals surface area contributed by atoms with Crippen LogP contribution in [0.1, 0.15) is 42.4 Å². The van der Waals surface area contributed by atoms with Gasteiger partial charge in [0.25, 0.3) is 0 Å². The Hall–Kier alpha value is -2.51. The average molecular weight is 442 g/mol. The molecule has 6 nitrogen and oxygen atoms in total. The van der Waals surface area contributed by atoms with Gasteiger partial charge in [-0.05, 0) is 42.2 Å². The van der Waals surface area contributed by atoms with E-state index in [1.165, 1.54) is 17.3 Å². The van der Waals surface area contributed by atoms with E-state index in [0.717, 1.165) is 29.8 Å². The first kappa shape index (κ1) is 20.8. The molecule has 0 saturated heterocycles. The van der Waals surface area contributed by atoms with Crippen LogP contribution in [-0.4, -0.2) is 26.0 Å². The summed E-state index contributed by atoms with van der Waals surface area (Å²) in [7, 11) is 0. The second kappa shape index (κ2) is 8.70. The molecule has 3 aromatic rings. The molecule has 1 aromatic heterocycles. The van der Waals surface area contributed by atoms with Crippen LogP contribution >= 0.6 is 23.4 Å². The largest absolute Gasteiger partial charge is 0.325 e. The molecule has 1 aliphatic rings. The Balaban J connectivity index is 1.66. The molecule has 30 heavy (non-hydrogen) atoms. The number of carbonyl (C=O) groups is 1. The van der Waals surface area contributed by atoms with E-state index in [2.05, 4.69) is 52.1 Å². The lowest BCUT2D eigenvalue weighted by Crippen LogP contribution is -2.41.